The number of hydrogen-bond acceptors (Lipinski definition) is 4. The molecule has 0 fully saturated rings. The first-order chi connectivity index (χ1) is 10.3. The number of aromatic nitrogens is 1. The molecule has 0 aliphatic heterocycles. The summed E-state index contributed by atoms with van der Waals surface area (Å²) in [5.74, 6) is -1.10. The van der Waals surface area contributed by atoms with Gasteiger partial charge in [-0.05, 0) is 29.8 Å². The fourth-order valence-electron chi connectivity index (χ4n) is 1.69. The van der Waals surface area contributed by atoms with Crippen molar-refractivity contribution in [3.8, 4) is 0 Å². The highest BCUT2D eigenvalue weighted by Crippen LogP contribution is 2.20. The Labute approximate surface area is 132 Å². The normalized spacial score (nSPS) is 11.2. The van der Waals surface area contributed by atoms with Gasteiger partial charge in [-0.15, -0.1) is 0 Å². The number of rotatable bonds is 4. The van der Waals surface area contributed by atoms with Crippen LogP contribution in [0.3, 0.4) is 0 Å². The first-order valence-electron chi connectivity index (χ1n) is 6.15. The Hall–Kier alpha value is -1.99. The summed E-state index contributed by atoms with van der Waals surface area (Å²) in [4.78, 5) is 15.4. The molecule has 0 saturated carbocycles. The van der Waals surface area contributed by atoms with Crippen molar-refractivity contribution in [2.45, 2.75) is 11.4 Å². The van der Waals surface area contributed by atoms with Crippen LogP contribution in [0.25, 0.3) is 0 Å². The van der Waals surface area contributed by atoms with Crippen LogP contribution in [0.4, 0.5) is 4.39 Å². The fourth-order valence-corrected chi connectivity index (χ4v) is 2.65. The lowest BCUT2D eigenvalue weighted by Gasteiger charge is -2.08. The summed E-state index contributed by atoms with van der Waals surface area (Å²) in [5, 5.41) is 2.83. The van der Waals surface area contributed by atoms with Crippen molar-refractivity contribution in [1.29, 1.82) is 0 Å². The van der Waals surface area contributed by atoms with Gasteiger partial charge in [0.05, 0.1) is 10.5 Å². The van der Waals surface area contributed by atoms with Gasteiger partial charge in [0.15, 0.2) is 9.84 Å². The third-order valence-electron chi connectivity index (χ3n) is 2.88. The highest BCUT2D eigenvalue weighted by atomic mass is 35.5. The average Bonchev–Trinajstić information content (AvgIpc) is 2.45. The molecule has 116 valence electrons. The average molecular weight is 343 g/mol. The Bertz CT molecular complexity index is 807. The lowest BCUT2D eigenvalue weighted by atomic mass is 10.2. The fraction of sp³-hybridized carbons (Fsp3) is 0.143. The van der Waals surface area contributed by atoms with E-state index >= 15 is 0 Å². The van der Waals surface area contributed by atoms with E-state index in [1.807, 2.05) is 0 Å². The van der Waals surface area contributed by atoms with Gasteiger partial charge in [0.1, 0.15) is 0 Å². The van der Waals surface area contributed by atoms with Crippen LogP contribution >= 0.6 is 11.6 Å². The van der Waals surface area contributed by atoms with E-state index in [4.69, 9.17) is 11.6 Å². The maximum absolute atomic E-state index is 12.7. The van der Waals surface area contributed by atoms with Gasteiger partial charge in [-0.1, -0.05) is 17.7 Å². The van der Waals surface area contributed by atoms with E-state index in [0.29, 0.717) is 5.56 Å². The van der Waals surface area contributed by atoms with E-state index in [0.717, 1.165) is 18.5 Å². The SMILES string of the molecule is CS(=O)(=O)c1ccc(CNC(=O)c2ccc(F)nc2)c(Cl)c1. The van der Waals surface area contributed by atoms with E-state index in [2.05, 4.69) is 10.3 Å². The maximum atomic E-state index is 12.7. The van der Waals surface area contributed by atoms with E-state index in [1.165, 1.54) is 24.3 Å². The van der Waals surface area contributed by atoms with Gasteiger partial charge in [0.25, 0.3) is 5.91 Å². The van der Waals surface area contributed by atoms with Gasteiger partial charge >= 0.3 is 0 Å². The molecular formula is C14H12ClFN2O3S. The number of halogens is 2. The van der Waals surface area contributed by atoms with Crippen molar-refractivity contribution in [1.82, 2.24) is 10.3 Å². The highest BCUT2D eigenvalue weighted by Gasteiger charge is 2.11. The summed E-state index contributed by atoms with van der Waals surface area (Å²) >= 11 is 6.01. The summed E-state index contributed by atoms with van der Waals surface area (Å²) in [6, 6.07) is 6.68. The molecule has 2 aromatic rings. The molecule has 8 heteroatoms. The topological polar surface area (TPSA) is 76.1 Å². The molecule has 1 aromatic heterocycles. The Kier molecular flexibility index (Phi) is 4.77. The number of nitrogens with zero attached hydrogens (tertiary/aromatic N) is 1. The molecule has 0 unspecified atom stereocenters. The van der Waals surface area contributed by atoms with Crippen LogP contribution in [0, 0.1) is 5.95 Å². The summed E-state index contributed by atoms with van der Waals surface area (Å²) in [6.07, 6.45) is 2.21. The van der Waals surface area contributed by atoms with Crippen molar-refractivity contribution in [2.75, 3.05) is 6.26 Å². The zero-order valence-electron chi connectivity index (χ0n) is 11.5. The van der Waals surface area contributed by atoms with Gasteiger partial charge in [-0.3, -0.25) is 4.79 Å². The van der Waals surface area contributed by atoms with Crippen molar-refractivity contribution >= 4 is 27.3 Å². The van der Waals surface area contributed by atoms with Crippen LogP contribution in [-0.2, 0) is 16.4 Å². The van der Waals surface area contributed by atoms with Crippen LogP contribution in [0.15, 0.2) is 41.4 Å². The van der Waals surface area contributed by atoms with Crippen LogP contribution in [-0.4, -0.2) is 25.6 Å². The Morgan fingerprint density at radius 1 is 1.32 bits per heavy atom. The molecule has 22 heavy (non-hydrogen) atoms. The van der Waals surface area contributed by atoms with Crippen molar-refractivity contribution in [3.63, 3.8) is 0 Å². The second kappa shape index (κ2) is 6.41. The summed E-state index contributed by atoms with van der Waals surface area (Å²) in [7, 11) is -3.34. The van der Waals surface area contributed by atoms with Crippen molar-refractivity contribution < 1.29 is 17.6 Å². The van der Waals surface area contributed by atoms with E-state index < -0.39 is 21.7 Å². The number of sulfone groups is 1. The number of pyridine rings is 1. The van der Waals surface area contributed by atoms with Crippen LogP contribution < -0.4 is 5.32 Å². The second-order valence-electron chi connectivity index (χ2n) is 4.58. The predicted molar refractivity (Wildman–Crippen MR) is 79.9 cm³/mol. The molecule has 0 atom stereocenters. The molecule has 0 radical (unpaired) electrons. The largest absolute Gasteiger partial charge is 0.348 e. The minimum Gasteiger partial charge on any atom is -0.348 e. The van der Waals surface area contributed by atoms with Gasteiger partial charge in [-0.25, -0.2) is 13.4 Å². The number of hydrogen-bond donors (Lipinski definition) is 1. The maximum Gasteiger partial charge on any atom is 0.253 e. The summed E-state index contributed by atoms with van der Waals surface area (Å²) in [5.41, 5.74) is 0.780. The number of carbonyl (C=O) groups excluding carboxylic acids is 1. The third kappa shape index (κ3) is 4.02. The molecule has 0 aliphatic rings. The van der Waals surface area contributed by atoms with Gasteiger partial charge in [0, 0.05) is 24.0 Å². The van der Waals surface area contributed by atoms with Gasteiger partial charge < -0.3 is 5.32 Å². The zero-order valence-corrected chi connectivity index (χ0v) is 13.1. The van der Waals surface area contributed by atoms with Gasteiger partial charge in [0.2, 0.25) is 5.95 Å². The van der Waals surface area contributed by atoms with E-state index in [1.54, 1.807) is 0 Å². The minimum atomic E-state index is -3.34. The second-order valence-corrected chi connectivity index (χ2v) is 7.00. The molecule has 0 spiro atoms. The zero-order chi connectivity index (χ0) is 16.3. The first-order valence-corrected chi connectivity index (χ1v) is 8.42. The smallest absolute Gasteiger partial charge is 0.253 e. The Morgan fingerprint density at radius 3 is 2.59 bits per heavy atom. The standard InChI is InChI=1S/C14H12ClFN2O3S/c1-22(20,21)11-4-2-9(12(15)6-11)7-18-14(19)10-3-5-13(16)17-8-10/h2-6,8H,7H2,1H3,(H,18,19). The molecule has 1 heterocycles. The predicted octanol–water partition coefficient (Wildman–Crippen LogP) is 2.21. The van der Waals surface area contributed by atoms with E-state index in [-0.39, 0.29) is 22.0 Å². The van der Waals surface area contributed by atoms with Crippen LogP contribution in [0.1, 0.15) is 15.9 Å². The Morgan fingerprint density at radius 2 is 2.05 bits per heavy atom. The lowest BCUT2D eigenvalue weighted by Crippen LogP contribution is -2.23. The molecule has 2 rings (SSSR count). The van der Waals surface area contributed by atoms with E-state index in [9.17, 15) is 17.6 Å². The van der Waals surface area contributed by atoms with Crippen LogP contribution in [0.5, 0.6) is 0 Å². The molecule has 1 aromatic carbocycles. The molecule has 0 bridgehead atoms. The third-order valence-corrected chi connectivity index (χ3v) is 4.34. The van der Waals surface area contributed by atoms with Crippen LogP contribution in [0.2, 0.25) is 5.02 Å². The summed E-state index contributed by atoms with van der Waals surface area (Å²) in [6.45, 7) is 0.110. The molecule has 1 N–H and O–H groups in total. The number of nitrogens with one attached hydrogen (secondary N) is 1. The minimum absolute atomic E-state index is 0.107. The molecular weight excluding hydrogens is 331 g/mol. The lowest BCUT2D eigenvalue weighted by molar-refractivity contribution is 0.0950. The molecule has 0 saturated heterocycles. The molecule has 0 aliphatic carbocycles. The number of carbonyl (C=O) groups is 1. The quantitative estimate of drug-likeness (QED) is 0.864. The number of benzene rings is 1. The molecule has 1 amide bonds. The van der Waals surface area contributed by atoms with Gasteiger partial charge in [-0.2, -0.15) is 4.39 Å². The summed E-state index contributed by atoms with van der Waals surface area (Å²) < 4.78 is 35.5. The van der Waals surface area contributed by atoms with Crippen molar-refractivity contribution in [3.05, 3.63) is 58.6 Å². The number of amides is 1. The highest BCUT2D eigenvalue weighted by molar-refractivity contribution is 7.90. The Balaban J connectivity index is 2.08. The molecule has 5 nitrogen and oxygen atoms in total. The monoisotopic (exact) mass is 342 g/mol. The van der Waals surface area contributed by atoms with Crippen molar-refractivity contribution in [2.24, 2.45) is 0 Å². The first kappa shape index (κ1) is 16.4.